The second-order valence-electron chi connectivity index (χ2n) is 15.9. The first-order valence-corrected chi connectivity index (χ1v) is 19.7. The van der Waals surface area contributed by atoms with Crippen LogP contribution in [0.1, 0.15) is 82.2 Å². The molecule has 14 heteroatoms. The number of pyridine rings is 2. The number of hydrogen-bond donors (Lipinski definition) is 0. The molecule has 0 N–H and O–H groups in total. The third-order valence-corrected chi connectivity index (χ3v) is 10.8. The van der Waals surface area contributed by atoms with Crippen molar-refractivity contribution < 1.29 is 9.47 Å². The van der Waals surface area contributed by atoms with Crippen LogP contribution in [0.25, 0.3) is 43.9 Å². The van der Waals surface area contributed by atoms with Crippen molar-refractivity contribution in [3.05, 3.63) is 118 Å². The summed E-state index contributed by atoms with van der Waals surface area (Å²) in [6.45, 7) is 8.95. The summed E-state index contributed by atoms with van der Waals surface area (Å²) in [5.74, 6) is 2.31. The lowest BCUT2D eigenvalue weighted by Gasteiger charge is -2.13. The van der Waals surface area contributed by atoms with Gasteiger partial charge in [0, 0.05) is 30.4 Å². The molecule has 2 aliphatic carbocycles. The molecule has 6 aromatic heterocycles. The lowest BCUT2D eigenvalue weighted by molar-refractivity contribution is 0.235. The van der Waals surface area contributed by atoms with Crippen molar-refractivity contribution >= 4 is 43.9 Å². The van der Waals surface area contributed by atoms with Crippen LogP contribution in [0.2, 0.25) is 0 Å². The summed E-state index contributed by atoms with van der Waals surface area (Å²) in [4.78, 5) is 56.2. The van der Waals surface area contributed by atoms with Crippen LogP contribution in [0.4, 0.5) is 0 Å². The lowest BCUT2D eigenvalue weighted by Crippen LogP contribution is -2.25. The molecule has 288 valence electrons. The van der Waals surface area contributed by atoms with E-state index in [2.05, 4.69) is 35.9 Å². The normalized spacial score (nSPS) is 16.8. The van der Waals surface area contributed by atoms with Crippen LogP contribution >= 0.6 is 0 Å². The molecule has 14 nitrogen and oxygen atoms in total. The maximum Gasteiger partial charge on any atom is 0.329 e. The van der Waals surface area contributed by atoms with Crippen LogP contribution in [0.5, 0.6) is 11.8 Å². The van der Waals surface area contributed by atoms with Gasteiger partial charge in [-0.15, -0.1) is 0 Å². The Kier molecular flexibility index (Phi) is 8.38. The van der Waals surface area contributed by atoms with Crippen molar-refractivity contribution in [3.63, 3.8) is 0 Å². The van der Waals surface area contributed by atoms with Crippen LogP contribution in [-0.2, 0) is 13.1 Å². The summed E-state index contributed by atoms with van der Waals surface area (Å²) in [6, 6.07) is 17.9. The second kappa shape index (κ2) is 13.6. The predicted molar refractivity (Wildman–Crippen MR) is 216 cm³/mol. The maximum absolute atomic E-state index is 14.4. The molecule has 0 saturated heterocycles. The Morgan fingerprint density at radius 1 is 0.702 bits per heavy atom. The van der Waals surface area contributed by atoms with Gasteiger partial charge in [0.15, 0.2) is 11.6 Å². The van der Waals surface area contributed by atoms with Gasteiger partial charge in [-0.2, -0.15) is 9.97 Å². The van der Waals surface area contributed by atoms with Gasteiger partial charge in [-0.05, 0) is 81.0 Å². The van der Waals surface area contributed by atoms with Gasteiger partial charge in [-0.25, -0.2) is 19.6 Å². The maximum atomic E-state index is 14.4. The molecule has 2 unspecified atom stereocenters. The molecule has 2 aromatic carbocycles. The van der Waals surface area contributed by atoms with Gasteiger partial charge >= 0.3 is 11.4 Å². The van der Waals surface area contributed by atoms with Crippen LogP contribution < -0.4 is 20.9 Å². The van der Waals surface area contributed by atoms with Gasteiger partial charge in [-0.1, -0.05) is 32.0 Å². The van der Waals surface area contributed by atoms with Crippen molar-refractivity contribution in [1.82, 2.24) is 48.2 Å². The Labute approximate surface area is 326 Å². The zero-order chi connectivity index (χ0) is 38.9. The van der Waals surface area contributed by atoms with Crippen molar-refractivity contribution in [2.75, 3.05) is 6.61 Å². The Morgan fingerprint density at radius 3 is 2.00 bits per heavy atom. The number of imidazole rings is 2. The molecule has 0 aliphatic heterocycles. The first-order chi connectivity index (χ1) is 27.7. The van der Waals surface area contributed by atoms with E-state index in [1.54, 1.807) is 33.9 Å². The summed E-state index contributed by atoms with van der Waals surface area (Å²) in [6.07, 6.45) is 9.61. The van der Waals surface area contributed by atoms with Gasteiger partial charge in [0.25, 0.3) is 0 Å². The van der Waals surface area contributed by atoms with Gasteiger partial charge in [0.2, 0.25) is 11.8 Å². The highest BCUT2D eigenvalue weighted by Crippen LogP contribution is 2.52. The number of ether oxygens (including phenoxy) is 2. The molecule has 2 aliphatic rings. The van der Waals surface area contributed by atoms with Gasteiger partial charge in [-0.3, -0.25) is 28.2 Å². The summed E-state index contributed by atoms with van der Waals surface area (Å²) in [7, 11) is 0. The Hall–Kier alpha value is -6.44. The van der Waals surface area contributed by atoms with E-state index in [-0.39, 0.29) is 54.5 Å². The molecule has 2 atom stereocenters. The molecule has 6 heterocycles. The topological polar surface area (TPSA) is 150 Å². The van der Waals surface area contributed by atoms with Crippen molar-refractivity contribution in [2.45, 2.75) is 84.2 Å². The zero-order valence-corrected chi connectivity index (χ0v) is 32.2. The molecule has 0 radical (unpaired) electrons. The number of benzene rings is 2. The summed E-state index contributed by atoms with van der Waals surface area (Å²) >= 11 is 0. The SMILES string of the molecule is CC(C)COc1nc(Cn2c(=O)n(C3CC3)c3ccncc32)nc2ccc(C3CC3n3c(=O)n(Cc4nc(OC(C)C)c5ccccc5n4)c4cnccc43)cc12. The molecule has 0 spiro atoms. The van der Waals surface area contributed by atoms with Gasteiger partial charge in [0.1, 0.15) is 0 Å². The van der Waals surface area contributed by atoms with E-state index in [0.717, 1.165) is 68.7 Å². The number of para-hydroxylation sites is 1. The number of hydrogen-bond acceptors (Lipinski definition) is 10. The van der Waals surface area contributed by atoms with Crippen molar-refractivity contribution in [2.24, 2.45) is 5.92 Å². The first-order valence-electron chi connectivity index (χ1n) is 19.7. The van der Waals surface area contributed by atoms with Crippen LogP contribution in [0, 0.1) is 5.92 Å². The molecule has 0 amide bonds. The third-order valence-electron chi connectivity index (χ3n) is 10.8. The molecule has 2 fully saturated rings. The highest BCUT2D eigenvalue weighted by molar-refractivity contribution is 5.85. The average molecular weight is 763 g/mol. The Balaban J connectivity index is 0.986. The van der Waals surface area contributed by atoms with E-state index in [0.29, 0.717) is 30.0 Å². The van der Waals surface area contributed by atoms with Crippen molar-refractivity contribution in [3.8, 4) is 11.8 Å². The van der Waals surface area contributed by atoms with E-state index in [9.17, 15) is 9.59 Å². The Bertz CT molecular complexity index is 2980. The zero-order valence-electron chi connectivity index (χ0n) is 32.2. The fraction of sp³-hybridized carbons (Fsp3) is 0.349. The minimum atomic E-state index is -0.142. The fourth-order valence-corrected chi connectivity index (χ4v) is 7.97. The monoisotopic (exact) mass is 762 g/mol. The Morgan fingerprint density at radius 2 is 1.33 bits per heavy atom. The standard InChI is InChI=1S/C43H42N10O4/c1-24(2)23-56-40-30-17-26(9-12-32(30)47-38(48-40)21-50-36-19-44-15-13-33(36)52(42(50)54)27-10-11-27)29-18-35(29)53-34-14-16-45-20-37(34)51(43(53)55)22-39-46-31-8-6-5-7-28(31)41(49-39)57-25(3)4/h5-9,12-17,19-20,24-25,27,29,35H,10-11,18,21-23H2,1-4H3. The highest BCUT2D eigenvalue weighted by atomic mass is 16.5. The fourth-order valence-electron chi connectivity index (χ4n) is 7.97. The smallest absolute Gasteiger partial charge is 0.329 e. The largest absolute Gasteiger partial charge is 0.477 e. The number of rotatable bonds is 12. The lowest BCUT2D eigenvalue weighted by atomic mass is 10.1. The van der Waals surface area contributed by atoms with Gasteiger partial charge in [0.05, 0.1) is 82.1 Å². The molecular formula is C43H42N10O4. The molecule has 10 rings (SSSR count). The van der Waals surface area contributed by atoms with Crippen molar-refractivity contribution in [1.29, 1.82) is 0 Å². The minimum Gasteiger partial charge on any atom is -0.477 e. The van der Waals surface area contributed by atoms with Crippen LogP contribution in [0.15, 0.2) is 89.0 Å². The van der Waals surface area contributed by atoms with E-state index >= 15 is 0 Å². The van der Waals surface area contributed by atoms with E-state index in [1.807, 2.05) is 65.4 Å². The van der Waals surface area contributed by atoms with E-state index in [1.165, 1.54) is 0 Å². The summed E-state index contributed by atoms with van der Waals surface area (Å²) < 4.78 is 19.6. The average Bonchev–Trinajstić information content (AvgIpc) is 4.15. The molecule has 2 saturated carbocycles. The van der Waals surface area contributed by atoms with Gasteiger partial charge < -0.3 is 9.47 Å². The molecular weight excluding hydrogens is 721 g/mol. The van der Waals surface area contributed by atoms with E-state index < -0.39 is 0 Å². The predicted octanol–water partition coefficient (Wildman–Crippen LogP) is 6.58. The molecule has 8 aromatic rings. The molecule has 57 heavy (non-hydrogen) atoms. The number of fused-ring (bicyclic) bond motifs is 4. The van der Waals surface area contributed by atoms with Crippen LogP contribution in [-0.4, -0.2) is 60.9 Å². The highest BCUT2D eigenvalue weighted by Gasteiger charge is 2.42. The summed E-state index contributed by atoms with van der Waals surface area (Å²) in [5.41, 5.74) is 5.51. The quantitative estimate of drug-likeness (QED) is 0.134. The first kappa shape index (κ1) is 35.0. The number of nitrogens with zero attached hydrogens (tertiary/aromatic N) is 10. The number of aromatic nitrogens is 10. The third kappa shape index (κ3) is 6.28. The van der Waals surface area contributed by atoms with E-state index in [4.69, 9.17) is 29.4 Å². The second-order valence-corrected chi connectivity index (χ2v) is 15.9. The summed E-state index contributed by atoms with van der Waals surface area (Å²) in [5, 5.41) is 1.62. The molecule has 0 bridgehead atoms. The van der Waals surface area contributed by atoms with Crippen LogP contribution in [0.3, 0.4) is 0 Å². The minimum absolute atomic E-state index is 0.0667.